The Morgan fingerprint density at radius 2 is 2.16 bits per heavy atom. The molecule has 19 heavy (non-hydrogen) atoms. The Morgan fingerprint density at radius 1 is 1.47 bits per heavy atom. The van der Waals surface area contributed by atoms with Crippen molar-refractivity contribution in [2.24, 2.45) is 11.1 Å². The lowest BCUT2D eigenvalue weighted by Crippen LogP contribution is -2.43. The molecular weight excluding hydrogens is 280 g/mol. The van der Waals surface area contributed by atoms with Gasteiger partial charge in [-0.15, -0.1) is 24.2 Å². The Morgan fingerprint density at radius 3 is 2.84 bits per heavy atom. The van der Waals surface area contributed by atoms with E-state index < -0.39 is 5.41 Å². The van der Waals surface area contributed by atoms with Gasteiger partial charge in [0.05, 0.1) is 11.5 Å². The largest absolute Gasteiger partial charge is 0.349 e. The number of carbonyl (C=O) groups is 1. The summed E-state index contributed by atoms with van der Waals surface area (Å²) in [7, 11) is 0. The monoisotopic (exact) mass is 300 g/mol. The molecule has 0 fully saturated rings. The van der Waals surface area contributed by atoms with Crippen molar-refractivity contribution in [3.05, 3.63) is 29.8 Å². The first-order valence-corrected chi connectivity index (χ1v) is 7.26. The van der Waals surface area contributed by atoms with Gasteiger partial charge in [-0.05, 0) is 31.9 Å². The van der Waals surface area contributed by atoms with Crippen molar-refractivity contribution in [1.29, 1.82) is 0 Å². The van der Waals surface area contributed by atoms with Gasteiger partial charge in [0.25, 0.3) is 0 Å². The number of benzene rings is 1. The van der Waals surface area contributed by atoms with Crippen LogP contribution in [0, 0.1) is 5.41 Å². The van der Waals surface area contributed by atoms with E-state index in [0.29, 0.717) is 6.54 Å². The van der Waals surface area contributed by atoms with Crippen LogP contribution in [0.3, 0.4) is 0 Å². The lowest BCUT2D eigenvalue weighted by atomic mass is 9.91. The number of carbonyl (C=O) groups excluding carboxylic acids is 1. The molecular formula is C14H21ClN2OS. The van der Waals surface area contributed by atoms with Crippen molar-refractivity contribution >= 4 is 30.1 Å². The number of hydrogen-bond donors (Lipinski definition) is 2. The second-order valence-electron chi connectivity index (χ2n) is 5.29. The fourth-order valence-electron chi connectivity index (χ4n) is 1.94. The number of nitrogens with one attached hydrogen (secondary N) is 1. The topological polar surface area (TPSA) is 55.1 Å². The highest BCUT2D eigenvalue weighted by molar-refractivity contribution is 7.99. The highest BCUT2D eigenvalue weighted by Gasteiger charge is 2.29. The molecule has 106 valence electrons. The third kappa shape index (κ3) is 3.65. The summed E-state index contributed by atoms with van der Waals surface area (Å²) in [6.07, 6.45) is 0.980. The molecule has 0 bridgehead atoms. The number of thioether (sulfide) groups is 1. The van der Waals surface area contributed by atoms with Gasteiger partial charge in [0.1, 0.15) is 0 Å². The van der Waals surface area contributed by atoms with Gasteiger partial charge in [-0.3, -0.25) is 4.79 Å². The van der Waals surface area contributed by atoms with Crippen molar-refractivity contribution in [3.8, 4) is 0 Å². The Labute approximate surface area is 125 Å². The summed E-state index contributed by atoms with van der Waals surface area (Å²) in [5.41, 5.74) is 6.37. The van der Waals surface area contributed by atoms with Crippen molar-refractivity contribution in [2.45, 2.75) is 31.2 Å². The first-order valence-electron chi connectivity index (χ1n) is 6.27. The van der Waals surface area contributed by atoms with Crippen LogP contribution >= 0.6 is 24.2 Å². The van der Waals surface area contributed by atoms with Gasteiger partial charge >= 0.3 is 0 Å². The van der Waals surface area contributed by atoms with Gasteiger partial charge in [-0.25, -0.2) is 0 Å². The highest BCUT2D eigenvalue weighted by atomic mass is 35.5. The first-order chi connectivity index (χ1) is 8.54. The number of nitrogens with two attached hydrogens (primary N) is 1. The minimum atomic E-state index is -0.500. The molecule has 0 radical (unpaired) electrons. The second kappa shape index (κ2) is 6.64. The predicted molar refractivity (Wildman–Crippen MR) is 82.8 cm³/mol. The van der Waals surface area contributed by atoms with E-state index in [1.165, 1.54) is 10.5 Å². The summed E-state index contributed by atoms with van der Waals surface area (Å²) in [6, 6.07) is 8.41. The van der Waals surface area contributed by atoms with Gasteiger partial charge in [0.2, 0.25) is 5.91 Å². The molecule has 0 aromatic heterocycles. The van der Waals surface area contributed by atoms with Gasteiger partial charge in [-0.2, -0.15) is 0 Å². The van der Waals surface area contributed by atoms with Crippen LogP contribution in [0.25, 0.3) is 0 Å². The molecule has 1 aliphatic heterocycles. The summed E-state index contributed by atoms with van der Waals surface area (Å²) in [4.78, 5) is 13.5. The highest BCUT2D eigenvalue weighted by Crippen LogP contribution is 2.36. The molecule has 2 rings (SSSR count). The summed E-state index contributed by atoms with van der Waals surface area (Å²) >= 11 is 1.86. The van der Waals surface area contributed by atoms with E-state index in [-0.39, 0.29) is 24.4 Å². The maximum atomic E-state index is 12.2. The lowest BCUT2D eigenvalue weighted by molar-refractivity contribution is -0.129. The minimum Gasteiger partial charge on any atom is -0.349 e. The van der Waals surface area contributed by atoms with Crippen LogP contribution in [0.4, 0.5) is 0 Å². The maximum absolute atomic E-state index is 12.2. The maximum Gasteiger partial charge on any atom is 0.227 e. The number of amides is 1. The smallest absolute Gasteiger partial charge is 0.227 e. The van der Waals surface area contributed by atoms with E-state index in [2.05, 4.69) is 17.4 Å². The zero-order chi connectivity index (χ0) is 13.2. The van der Waals surface area contributed by atoms with Crippen LogP contribution in [0.1, 0.15) is 31.9 Å². The zero-order valence-corrected chi connectivity index (χ0v) is 12.9. The summed E-state index contributed by atoms with van der Waals surface area (Å²) in [5, 5.41) is 3.13. The Balaban J connectivity index is 0.00000180. The van der Waals surface area contributed by atoms with Crippen LogP contribution < -0.4 is 11.1 Å². The molecule has 1 heterocycles. The third-order valence-corrected chi connectivity index (χ3v) is 4.51. The van der Waals surface area contributed by atoms with Crippen LogP contribution in [0.5, 0.6) is 0 Å². The molecule has 0 saturated carbocycles. The molecule has 1 aromatic carbocycles. The molecule has 0 aliphatic carbocycles. The van der Waals surface area contributed by atoms with E-state index in [0.717, 1.165) is 12.2 Å². The van der Waals surface area contributed by atoms with Crippen molar-refractivity contribution in [2.75, 3.05) is 12.3 Å². The number of hydrogen-bond acceptors (Lipinski definition) is 3. The van der Waals surface area contributed by atoms with Crippen LogP contribution in [-0.2, 0) is 4.79 Å². The van der Waals surface area contributed by atoms with E-state index >= 15 is 0 Å². The van der Waals surface area contributed by atoms with Crippen molar-refractivity contribution in [1.82, 2.24) is 5.32 Å². The fourth-order valence-corrected chi connectivity index (χ4v) is 3.06. The Bertz CT molecular complexity index is 451. The van der Waals surface area contributed by atoms with Crippen molar-refractivity contribution < 1.29 is 4.79 Å². The van der Waals surface area contributed by atoms with Crippen LogP contribution in [0.15, 0.2) is 29.2 Å². The first kappa shape index (κ1) is 16.3. The predicted octanol–water partition coefficient (Wildman–Crippen LogP) is 2.75. The van der Waals surface area contributed by atoms with E-state index in [1.807, 2.05) is 37.7 Å². The molecule has 1 atom stereocenters. The molecule has 1 aliphatic rings. The number of rotatable bonds is 3. The standard InChI is InChI=1S/C14H20N2OS.ClH/c1-14(2,9-15)13(17)16-11-7-8-18-12-6-4-3-5-10(11)12;/h3-6,11H,7-9,15H2,1-2H3,(H,16,17);1H. The van der Waals surface area contributed by atoms with Gasteiger partial charge in [0, 0.05) is 17.2 Å². The molecule has 3 nitrogen and oxygen atoms in total. The van der Waals surface area contributed by atoms with E-state index in [9.17, 15) is 4.79 Å². The van der Waals surface area contributed by atoms with Gasteiger partial charge < -0.3 is 11.1 Å². The fraction of sp³-hybridized carbons (Fsp3) is 0.500. The Hall–Kier alpha value is -0.710. The van der Waals surface area contributed by atoms with Gasteiger partial charge in [-0.1, -0.05) is 18.2 Å². The van der Waals surface area contributed by atoms with Crippen molar-refractivity contribution in [3.63, 3.8) is 0 Å². The summed E-state index contributed by atoms with van der Waals surface area (Å²) < 4.78 is 0. The molecule has 1 unspecified atom stereocenters. The Kier molecular flexibility index (Phi) is 5.71. The quantitative estimate of drug-likeness (QED) is 0.902. The normalized spacial score (nSPS) is 18.2. The minimum absolute atomic E-state index is 0. The SMILES string of the molecule is CC(C)(CN)C(=O)NC1CCSc2ccccc21.Cl. The molecule has 3 N–H and O–H groups in total. The molecule has 0 spiro atoms. The lowest BCUT2D eigenvalue weighted by Gasteiger charge is -2.30. The zero-order valence-electron chi connectivity index (χ0n) is 11.3. The second-order valence-corrected chi connectivity index (χ2v) is 6.43. The number of halogens is 1. The molecule has 0 saturated heterocycles. The molecule has 5 heteroatoms. The summed E-state index contributed by atoms with van der Waals surface area (Å²) in [6.45, 7) is 4.12. The van der Waals surface area contributed by atoms with Crippen LogP contribution in [0.2, 0.25) is 0 Å². The average Bonchev–Trinajstić information content (AvgIpc) is 2.39. The average molecular weight is 301 g/mol. The molecule has 1 aromatic rings. The number of fused-ring (bicyclic) bond motifs is 1. The van der Waals surface area contributed by atoms with Crippen LogP contribution in [-0.4, -0.2) is 18.2 Å². The van der Waals surface area contributed by atoms with E-state index in [1.54, 1.807) is 0 Å². The van der Waals surface area contributed by atoms with Gasteiger partial charge in [0.15, 0.2) is 0 Å². The third-order valence-electron chi connectivity index (χ3n) is 3.39. The molecule has 1 amide bonds. The summed E-state index contributed by atoms with van der Waals surface area (Å²) in [5.74, 6) is 1.09. The van der Waals surface area contributed by atoms with E-state index in [4.69, 9.17) is 5.73 Å².